The first-order valence-electron chi connectivity index (χ1n) is 8.09. The normalized spacial score (nSPS) is 12.8. The average molecular weight is 363 g/mol. The molecule has 8 heteroatoms. The molecule has 134 valence electrons. The molecule has 3 heterocycles. The number of aryl methyl sites for hydroxylation is 2. The minimum atomic E-state index is -0.522. The van der Waals surface area contributed by atoms with Crippen LogP contribution in [0.4, 0.5) is 0 Å². The summed E-state index contributed by atoms with van der Waals surface area (Å²) < 4.78 is 6.57. The van der Waals surface area contributed by atoms with Crippen molar-refractivity contribution in [1.29, 1.82) is 0 Å². The van der Waals surface area contributed by atoms with E-state index in [1.807, 2.05) is 19.9 Å². The molecule has 1 atom stereocenters. The molecular formula is C17H21N3O4S. The molecule has 0 radical (unpaired) electrons. The van der Waals surface area contributed by atoms with E-state index in [1.165, 1.54) is 17.7 Å². The van der Waals surface area contributed by atoms with E-state index >= 15 is 0 Å². The smallest absolute Gasteiger partial charge is 0.304 e. The molecule has 3 aromatic rings. The third-order valence-corrected chi connectivity index (χ3v) is 4.98. The zero-order chi connectivity index (χ0) is 18.0. The molecular weight excluding hydrogens is 342 g/mol. The number of methoxy groups -OCH3 is 1. The molecule has 0 amide bonds. The maximum Gasteiger partial charge on any atom is 0.304 e. The molecule has 0 aliphatic carbocycles. The lowest BCUT2D eigenvalue weighted by molar-refractivity contribution is 0.0444. The molecule has 1 N–H and O–H groups in total. The summed E-state index contributed by atoms with van der Waals surface area (Å²) in [5.41, 5.74) is 2.42. The van der Waals surface area contributed by atoms with Gasteiger partial charge < -0.3 is 14.7 Å². The van der Waals surface area contributed by atoms with Crippen LogP contribution in [0.25, 0.3) is 20.4 Å². The first-order chi connectivity index (χ1) is 12.0. The topological polar surface area (TPSA) is 86.5 Å². The van der Waals surface area contributed by atoms with Gasteiger partial charge in [0.25, 0.3) is 0 Å². The van der Waals surface area contributed by atoms with Crippen LogP contribution in [-0.4, -0.2) is 46.2 Å². The average Bonchev–Trinajstić information content (AvgIpc) is 2.93. The Bertz CT molecular complexity index is 950. The molecule has 0 bridgehead atoms. The molecule has 0 saturated heterocycles. The van der Waals surface area contributed by atoms with E-state index in [2.05, 4.69) is 9.97 Å². The lowest BCUT2D eigenvalue weighted by atomic mass is 10.1. The minimum absolute atomic E-state index is 0.234. The summed E-state index contributed by atoms with van der Waals surface area (Å²) in [7, 11) is 1.54. The van der Waals surface area contributed by atoms with Gasteiger partial charge in [-0.15, -0.1) is 16.1 Å². The van der Waals surface area contributed by atoms with Crippen molar-refractivity contribution in [3.63, 3.8) is 0 Å². The second-order valence-corrected chi connectivity index (χ2v) is 7.00. The number of aliphatic hydroxyl groups excluding tert-OH is 1. The van der Waals surface area contributed by atoms with Crippen molar-refractivity contribution in [2.75, 3.05) is 20.3 Å². The molecule has 0 aliphatic heterocycles. The van der Waals surface area contributed by atoms with Gasteiger partial charge in [-0.25, -0.2) is 9.97 Å². The van der Waals surface area contributed by atoms with Crippen LogP contribution in [0.2, 0.25) is 0 Å². The van der Waals surface area contributed by atoms with Gasteiger partial charge in [0.2, 0.25) is 0 Å². The first-order valence-corrected chi connectivity index (χ1v) is 8.91. The van der Waals surface area contributed by atoms with Crippen LogP contribution in [0.5, 0.6) is 0 Å². The maximum absolute atomic E-state index is 12.6. The number of fused-ring (bicyclic) bond motifs is 3. The quantitative estimate of drug-likeness (QED) is 0.645. The fourth-order valence-corrected chi connectivity index (χ4v) is 3.97. The second kappa shape index (κ2) is 7.47. The first kappa shape index (κ1) is 17.8. The lowest BCUT2D eigenvalue weighted by Crippen LogP contribution is -2.27. The highest BCUT2D eigenvalue weighted by atomic mass is 32.1. The van der Waals surface area contributed by atoms with Crippen molar-refractivity contribution in [1.82, 2.24) is 14.7 Å². The molecule has 25 heavy (non-hydrogen) atoms. The third-order valence-electron chi connectivity index (χ3n) is 3.92. The number of nitrogens with zero attached hydrogens (tertiary/aromatic N) is 3. The molecule has 0 fully saturated rings. The number of hydrogen-bond acceptors (Lipinski definition) is 7. The SMILES string of the molecule is COCC(O)CCCOn1cnc2c(sc3nc(C)cc(C)c32)c1=O. The molecule has 0 aromatic carbocycles. The number of thiophene rings is 1. The van der Waals surface area contributed by atoms with E-state index in [1.54, 1.807) is 7.11 Å². The van der Waals surface area contributed by atoms with E-state index in [0.29, 0.717) is 36.3 Å². The Morgan fingerprint density at radius 1 is 1.40 bits per heavy atom. The van der Waals surface area contributed by atoms with Gasteiger partial charge in [0.05, 0.1) is 18.2 Å². The summed E-state index contributed by atoms with van der Waals surface area (Å²) >= 11 is 1.34. The Morgan fingerprint density at radius 3 is 2.96 bits per heavy atom. The summed E-state index contributed by atoms with van der Waals surface area (Å²) in [4.78, 5) is 27.9. The third kappa shape index (κ3) is 3.65. The number of aliphatic hydroxyl groups is 1. The maximum atomic E-state index is 12.6. The standard InChI is InChI=1S/C17H21N3O4S/c1-10-7-11(2)19-16-13(10)14-15(25-16)17(22)20(9-18-14)24-6-4-5-12(21)8-23-3/h7,9,12,21H,4-6,8H2,1-3H3. The summed E-state index contributed by atoms with van der Waals surface area (Å²) in [5.74, 6) is 0. The van der Waals surface area contributed by atoms with Crippen LogP contribution >= 0.6 is 11.3 Å². The fourth-order valence-electron chi connectivity index (χ4n) is 2.80. The van der Waals surface area contributed by atoms with E-state index in [4.69, 9.17) is 9.57 Å². The van der Waals surface area contributed by atoms with Crippen molar-refractivity contribution in [2.45, 2.75) is 32.8 Å². The van der Waals surface area contributed by atoms with Crippen molar-refractivity contribution >= 4 is 31.8 Å². The number of aromatic nitrogens is 3. The highest BCUT2D eigenvalue weighted by Crippen LogP contribution is 2.31. The van der Waals surface area contributed by atoms with E-state index in [9.17, 15) is 9.90 Å². The molecule has 3 rings (SSSR count). The number of rotatable bonds is 7. The van der Waals surface area contributed by atoms with Crippen molar-refractivity contribution in [3.05, 3.63) is 34.0 Å². The predicted octanol–water partition coefficient (Wildman–Crippen LogP) is 1.84. The van der Waals surface area contributed by atoms with Crippen LogP contribution in [0.3, 0.4) is 0 Å². The lowest BCUT2D eigenvalue weighted by Gasteiger charge is -2.10. The zero-order valence-electron chi connectivity index (χ0n) is 14.5. The van der Waals surface area contributed by atoms with Crippen molar-refractivity contribution in [3.8, 4) is 0 Å². The van der Waals surface area contributed by atoms with Crippen LogP contribution in [0, 0.1) is 13.8 Å². The molecule has 0 saturated carbocycles. The highest BCUT2D eigenvalue weighted by Gasteiger charge is 2.15. The van der Waals surface area contributed by atoms with Crippen LogP contribution in [0.1, 0.15) is 24.1 Å². The minimum Gasteiger partial charge on any atom is -0.409 e. The monoisotopic (exact) mass is 363 g/mol. The Morgan fingerprint density at radius 2 is 2.20 bits per heavy atom. The molecule has 0 spiro atoms. The zero-order valence-corrected chi connectivity index (χ0v) is 15.3. The highest BCUT2D eigenvalue weighted by molar-refractivity contribution is 7.25. The number of ether oxygens (including phenoxy) is 1. The van der Waals surface area contributed by atoms with Crippen molar-refractivity contribution < 1.29 is 14.7 Å². The van der Waals surface area contributed by atoms with E-state index in [-0.39, 0.29) is 5.56 Å². The van der Waals surface area contributed by atoms with Gasteiger partial charge in [0.15, 0.2) is 0 Å². The van der Waals surface area contributed by atoms with Gasteiger partial charge in [-0.3, -0.25) is 4.79 Å². The second-order valence-electron chi connectivity index (χ2n) is 6.00. The summed E-state index contributed by atoms with van der Waals surface area (Å²) in [5, 5.41) is 10.5. The molecule has 0 aliphatic rings. The van der Waals surface area contributed by atoms with Gasteiger partial charge in [-0.1, -0.05) is 0 Å². The van der Waals surface area contributed by atoms with Crippen LogP contribution < -0.4 is 10.4 Å². The molecule has 3 aromatic heterocycles. The number of hydrogen-bond donors (Lipinski definition) is 1. The van der Waals surface area contributed by atoms with Crippen LogP contribution in [-0.2, 0) is 4.74 Å². The molecule has 1 unspecified atom stereocenters. The fraction of sp³-hybridized carbons (Fsp3) is 0.471. The van der Waals surface area contributed by atoms with E-state index < -0.39 is 6.10 Å². The Balaban J connectivity index is 1.82. The predicted molar refractivity (Wildman–Crippen MR) is 97.2 cm³/mol. The van der Waals surface area contributed by atoms with Crippen molar-refractivity contribution in [2.24, 2.45) is 0 Å². The Labute approximate surface area is 148 Å². The van der Waals surface area contributed by atoms with Gasteiger partial charge in [-0.05, 0) is 38.3 Å². The largest absolute Gasteiger partial charge is 0.409 e. The Hall–Kier alpha value is -2.03. The Kier molecular flexibility index (Phi) is 5.31. The van der Waals surface area contributed by atoms with Gasteiger partial charge >= 0.3 is 5.56 Å². The summed E-state index contributed by atoms with van der Waals surface area (Å²) in [6.45, 7) is 4.54. The summed E-state index contributed by atoms with van der Waals surface area (Å²) in [6.07, 6.45) is 2.04. The number of pyridine rings is 1. The van der Waals surface area contributed by atoms with Crippen LogP contribution in [0.15, 0.2) is 17.2 Å². The van der Waals surface area contributed by atoms with Gasteiger partial charge in [0.1, 0.15) is 22.5 Å². The summed E-state index contributed by atoms with van der Waals surface area (Å²) in [6, 6.07) is 1.99. The van der Waals surface area contributed by atoms with E-state index in [0.717, 1.165) is 26.2 Å². The van der Waals surface area contributed by atoms with Gasteiger partial charge in [0, 0.05) is 18.2 Å². The molecule has 7 nitrogen and oxygen atoms in total. The van der Waals surface area contributed by atoms with Gasteiger partial charge in [-0.2, -0.15) is 0 Å².